The average Bonchev–Trinajstić information content (AvgIpc) is 2.69. The predicted octanol–water partition coefficient (Wildman–Crippen LogP) is 2.42. The van der Waals surface area contributed by atoms with Gasteiger partial charge in [-0.1, -0.05) is 0 Å². The fraction of sp³-hybridized carbons (Fsp3) is 0.316. The van der Waals surface area contributed by atoms with Gasteiger partial charge in [0.15, 0.2) is 0 Å². The number of nitrogens with one attached hydrogen (secondary N) is 1. The highest BCUT2D eigenvalue weighted by molar-refractivity contribution is 7.89. The summed E-state index contributed by atoms with van der Waals surface area (Å²) >= 11 is 0. The lowest BCUT2D eigenvalue weighted by molar-refractivity contribution is 0.0924. The molecule has 2 aromatic carbocycles. The molecule has 1 heterocycles. The van der Waals surface area contributed by atoms with Crippen molar-refractivity contribution in [2.75, 3.05) is 20.2 Å². The van der Waals surface area contributed by atoms with Crippen LogP contribution in [0.1, 0.15) is 23.2 Å². The van der Waals surface area contributed by atoms with Crippen molar-refractivity contribution in [1.82, 2.24) is 9.62 Å². The Morgan fingerprint density at radius 3 is 2.22 bits per heavy atom. The summed E-state index contributed by atoms with van der Waals surface area (Å²) < 4.78 is 44.9. The van der Waals surface area contributed by atoms with E-state index < -0.39 is 15.8 Å². The summed E-state index contributed by atoms with van der Waals surface area (Å²) in [5.74, 6) is -0.0915. The molecule has 8 heteroatoms. The lowest BCUT2D eigenvalue weighted by atomic mass is 10.1. The van der Waals surface area contributed by atoms with Crippen LogP contribution in [0.2, 0.25) is 0 Å². The third kappa shape index (κ3) is 4.45. The molecule has 0 aliphatic carbocycles. The van der Waals surface area contributed by atoms with E-state index in [2.05, 4.69) is 5.32 Å². The topological polar surface area (TPSA) is 75.7 Å². The maximum atomic E-state index is 12.9. The van der Waals surface area contributed by atoms with E-state index in [1.807, 2.05) is 0 Å². The molecule has 0 spiro atoms. The van der Waals surface area contributed by atoms with Crippen LogP contribution in [0.25, 0.3) is 0 Å². The fourth-order valence-corrected chi connectivity index (χ4v) is 4.48. The first-order valence-corrected chi connectivity index (χ1v) is 10.0. The van der Waals surface area contributed by atoms with Crippen molar-refractivity contribution in [2.24, 2.45) is 0 Å². The summed E-state index contributed by atoms with van der Waals surface area (Å²) in [6, 6.07) is 11.5. The number of rotatable bonds is 5. The van der Waals surface area contributed by atoms with Gasteiger partial charge in [-0.2, -0.15) is 4.31 Å². The zero-order chi connectivity index (χ0) is 19.4. The molecular weight excluding hydrogens is 371 g/mol. The van der Waals surface area contributed by atoms with Crippen LogP contribution in [0.15, 0.2) is 53.4 Å². The minimum atomic E-state index is -3.57. The maximum Gasteiger partial charge on any atom is 0.251 e. The largest absolute Gasteiger partial charge is 0.497 e. The number of benzene rings is 2. The van der Waals surface area contributed by atoms with E-state index in [4.69, 9.17) is 4.74 Å². The predicted molar refractivity (Wildman–Crippen MR) is 98.6 cm³/mol. The monoisotopic (exact) mass is 392 g/mol. The lowest BCUT2D eigenvalue weighted by Crippen LogP contribution is -2.46. The molecular formula is C19H21FN2O4S. The van der Waals surface area contributed by atoms with Crippen molar-refractivity contribution >= 4 is 15.9 Å². The van der Waals surface area contributed by atoms with Gasteiger partial charge in [0.25, 0.3) is 5.91 Å². The highest BCUT2D eigenvalue weighted by Gasteiger charge is 2.30. The zero-order valence-electron chi connectivity index (χ0n) is 14.9. The average molecular weight is 392 g/mol. The molecule has 6 nitrogen and oxygen atoms in total. The van der Waals surface area contributed by atoms with Crippen LogP contribution < -0.4 is 10.1 Å². The number of sulfonamides is 1. The van der Waals surface area contributed by atoms with Gasteiger partial charge in [0, 0.05) is 24.7 Å². The summed E-state index contributed by atoms with van der Waals surface area (Å²) in [4.78, 5) is 12.4. The highest BCUT2D eigenvalue weighted by Crippen LogP contribution is 2.23. The second-order valence-electron chi connectivity index (χ2n) is 6.33. The number of nitrogens with zero attached hydrogens (tertiary/aromatic N) is 1. The lowest BCUT2D eigenvalue weighted by Gasteiger charge is -2.31. The Morgan fingerprint density at radius 1 is 1.07 bits per heavy atom. The molecule has 144 valence electrons. The molecule has 0 aromatic heterocycles. The van der Waals surface area contributed by atoms with Crippen molar-refractivity contribution in [3.8, 4) is 5.75 Å². The van der Waals surface area contributed by atoms with E-state index in [1.54, 1.807) is 12.1 Å². The molecule has 1 N–H and O–H groups in total. The number of hydrogen-bond acceptors (Lipinski definition) is 4. The first-order chi connectivity index (χ1) is 12.9. The zero-order valence-corrected chi connectivity index (χ0v) is 15.7. The van der Waals surface area contributed by atoms with Gasteiger partial charge in [0.1, 0.15) is 11.6 Å². The summed E-state index contributed by atoms with van der Waals surface area (Å²) in [5, 5.41) is 2.88. The number of amides is 1. The van der Waals surface area contributed by atoms with Gasteiger partial charge in [-0.25, -0.2) is 12.8 Å². The van der Waals surface area contributed by atoms with Gasteiger partial charge >= 0.3 is 0 Å². The molecule has 2 aromatic rings. The smallest absolute Gasteiger partial charge is 0.251 e. The van der Waals surface area contributed by atoms with Crippen molar-refractivity contribution in [3.63, 3.8) is 0 Å². The molecule has 0 atom stereocenters. The number of hydrogen-bond donors (Lipinski definition) is 1. The molecule has 3 rings (SSSR count). The Morgan fingerprint density at radius 2 is 1.67 bits per heavy atom. The van der Waals surface area contributed by atoms with Crippen molar-refractivity contribution in [1.29, 1.82) is 0 Å². The standard InChI is InChI=1S/C19H21FN2O4S/c1-26-17-6-8-18(9-7-17)27(24,25)22-12-10-16(11-13-22)21-19(23)14-2-4-15(20)5-3-14/h2-9,16H,10-13H2,1H3,(H,21,23). The van der Waals surface area contributed by atoms with Crippen molar-refractivity contribution in [2.45, 2.75) is 23.8 Å². The number of methoxy groups -OCH3 is 1. The molecule has 0 saturated carbocycles. The Balaban J connectivity index is 1.59. The molecule has 0 unspecified atom stereocenters. The summed E-state index contributed by atoms with van der Waals surface area (Å²) in [5.41, 5.74) is 0.379. The van der Waals surface area contributed by atoms with Gasteiger partial charge in [0.2, 0.25) is 10.0 Å². The van der Waals surface area contributed by atoms with Crippen LogP contribution in [-0.2, 0) is 10.0 Å². The van der Waals surface area contributed by atoms with E-state index in [0.29, 0.717) is 37.2 Å². The summed E-state index contributed by atoms with van der Waals surface area (Å²) in [7, 11) is -2.05. The first kappa shape index (κ1) is 19.3. The number of ether oxygens (including phenoxy) is 1. The quantitative estimate of drug-likeness (QED) is 0.848. The molecule has 1 fully saturated rings. The van der Waals surface area contributed by atoms with Crippen LogP contribution >= 0.6 is 0 Å². The number of carbonyl (C=O) groups is 1. The third-order valence-corrected chi connectivity index (χ3v) is 6.51. The summed E-state index contributed by atoms with van der Waals surface area (Å²) in [6.07, 6.45) is 1.03. The van der Waals surface area contributed by atoms with Gasteiger partial charge in [-0.05, 0) is 61.4 Å². The van der Waals surface area contributed by atoms with Crippen LogP contribution in [0.5, 0.6) is 5.75 Å². The number of carbonyl (C=O) groups excluding carboxylic acids is 1. The van der Waals surface area contributed by atoms with Crippen LogP contribution in [0, 0.1) is 5.82 Å². The van der Waals surface area contributed by atoms with E-state index in [0.717, 1.165) is 0 Å². The minimum Gasteiger partial charge on any atom is -0.497 e. The van der Waals surface area contributed by atoms with Gasteiger partial charge in [-0.15, -0.1) is 0 Å². The van der Waals surface area contributed by atoms with Gasteiger partial charge < -0.3 is 10.1 Å². The van der Waals surface area contributed by atoms with Crippen LogP contribution in [-0.4, -0.2) is 44.9 Å². The van der Waals surface area contributed by atoms with Crippen molar-refractivity contribution < 1.29 is 22.3 Å². The SMILES string of the molecule is COc1ccc(S(=O)(=O)N2CCC(NC(=O)c3ccc(F)cc3)CC2)cc1. The fourth-order valence-electron chi connectivity index (χ4n) is 3.01. The Hall–Kier alpha value is -2.45. The second kappa shape index (κ2) is 8.06. The van der Waals surface area contributed by atoms with Crippen molar-refractivity contribution in [3.05, 3.63) is 59.9 Å². The van der Waals surface area contributed by atoms with Crippen LogP contribution in [0.4, 0.5) is 4.39 Å². The second-order valence-corrected chi connectivity index (χ2v) is 8.27. The van der Waals surface area contributed by atoms with E-state index in [9.17, 15) is 17.6 Å². The van der Waals surface area contributed by atoms with Gasteiger partial charge in [0.05, 0.1) is 12.0 Å². The Kier molecular flexibility index (Phi) is 5.76. The molecule has 0 radical (unpaired) electrons. The van der Waals surface area contributed by atoms with E-state index in [1.165, 1.54) is 47.8 Å². The van der Waals surface area contributed by atoms with E-state index >= 15 is 0 Å². The Labute approximate surface area is 158 Å². The normalized spacial score (nSPS) is 16.1. The summed E-state index contributed by atoms with van der Waals surface area (Å²) in [6.45, 7) is 0.644. The first-order valence-electron chi connectivity index (χ1n) is 8.61. The molecule has 1 aliphatic rings. The number of piperidine rings is 1. The molecule has 27 heavy (non-hydrogen) atoms. The highest BCUT2D eigenvalue weighted by atomic mass is 32.2. The third-order valence-electron chi connectivity index (χ3n) is 4.59. The van der Waals surface area contributed by atoms with Gasteiger partial charge in [-0.3, -0.25) is 4.79 Å². The maximum absolute atomic E-state index is 12.9. The molecule has 1 saturated heterocycles. The van der Waals surface area contributed by atoms with E-state index in [-0.39, 0.29) is 16.8 Å². The molecule has 0 bridgehead atoms. The molecule has 1 amide bonds. The minimum absolute atomic E-state index is 0.120. The Bertz CT molecular complexity index is 890. The number of halogens is 1. The van der Waals surface area contributed by atoms with Crippen LogP contribution in [0.3, 0.4) is 0 Å². The molecule has 1 aliphatic heterocycles.